The molecule has 1 amide bonds. The van der Waals surface area contributed by atoms with Crippen LogP contribution in [-0.2, 0) is 9.59 Å². The van der Waals surface area contributed by atoms with Crippen molar-refractivity contribution in [1.82, 2.24) is 14.7 Å². The topological polar surface area (TPSA) is 43.9 Å². The SMILES string of the molecule is CC(C)(C)N1CCN(C(=O)C2CCN(C(C=O)C3c4ccccc4-c4ccccc43)CC2)CC1. The Morgan fingerprint density at radius 2 is 1.38 bits per heavy atom. The van der Waals surface area contributed by atoms with Gasteiger partial charge in [0, 0.05) is 43.6 Å². The molecule has 0 saturated carbocycles. The first-order valence-electron chi connectivity index (χ1n) is 12.8. The van der Waals surface area contributed by atoms with E-state index in [0.29, 0.717) is 5.91 Å². The van der Waals surface area contributed by atoms with Gasteiger partial charge in [-0.2, -0.15) is 0 Å². The molecule has 2 fully saturated rings. The minimum atomic E-state index is -0.198. The summed E-state index contributed by atoms with van der Waals surface area (Å²) >= 11 is 0. The maximum Gasteiger partial charge on any atom is 0.225 e. The second-order valence-electron chi connectivity index (χ2n) is 11.1. The molecule has 5 nitrogen and oxygen atoms in total. The van der Waals surface area contributed by atoms with Gasteiger partial charge in [0.25, 0.3) is 0 Å². The smallest absolute Gasteiger partial charge is 0.225 e. The van der Waals surface area contributed by atoms with Gasteiger partial charge in [0.15, 0.2) is 0 Å². The van der Waals surface area contributed by atoms with Crippen molar-refractivity contribution >= 4 is 12.2 Å². The van der Waals surface area contributed by atoms with Gasteiger partial charge in [0.1, 0.15) is 6.29 Å². The average molecular weight is 460 g/mol. The van der Waals surface area contributed by atoms with Crippen LogP contribution in [0.4, 0.5) is 0 Å². The molecule has 0 spiro atoms. The number of piperidine rings is 1. The first-order chi connectivity index (χ1) is 16.4. The second kappa shape index (κ2) is 9.27. The summed E-state index contributed by atoms with van der Waals surface area (Å²) in [7, 11) is 0. The summed E-state index contributed by atoms with van der Waals surface area (Å²) in [5.74, 6) is 0.447. The fraction of sp³-hybridized carbons (Fsp3) is 0.517. The number of aldehydes is 1. The quantitative estimate of drug-likeness (QED) is 0.648. The Morgan fingerprint density at radius 3 is 1.88 bits per heavy atom. The Balaban J connectivity index is 1.25. The van der Waals surface area contributed by atoms with E-state index < -0.39 is 0 Å². The zero-order valence-electron chi connectivity index (χ0n) is 20.7. The van der Waals surface area contributed by atoms with Gasteiger partial charge in [-0.3, -0.25) is 14.6 Å². The zero-order chi connectivity index (χ0) is 23.9. The molecule has 2 aliphatic heterocycles. The fourth-order valence-corrected chi connectivity index (χ4v) is 6.24. The van der Waals surface area contributed by atoms with Gasteiger partial charge < -0.3 is 9.69 Å². The van der Waals surface area contributed by atoms with Crippen LogP contribution >= 0.6 is 0 Å². The lowest BCUT2D eigenvalue weighted by Gasteiger charge is -2.44. The molecule has 2 heterocycles. The van der Waals surface area contributed by atoms with Crippen molar-refractivity contribution < 1.29 is 9.59 Å². The van der Waals surface area contributed by atoms with Gasteiger partial charge >= 0.3 is 0 Å². The van der Waals surface area contributed by atoms with Gasteiger partial charge in [-0.15, -0.1) is 0 Å². The summed E-state index contributed by atoms with van der Waals surface area (Å²) in [6, 6.07) is 16.8. The van der Waals surface area contributed by atoms with Crippen LogP contribution in [0.25, 0.3) is 11.1 Å². The molecule has 34 heavy (non-hydrogen) atoms. The van der Waals surface area contributed by atoms with E-state index in [1.54, 1.807) is 0 Å². The van der Waals surface area contributed by atoms with Gasteiger partial charge in [-0.25, -0.2) is 0 Å². The van der Waals surface area contributed by atoms with E-state index in [1.807, 2.05) is 0 Å². The number of carbonyl (C=O) groups is 2. The lowest BCUT2D eigenvalue weighted by molar-refractivity contribution is -0.139. The molecule has 5 heteroatoms. The normalized spacial score (nSPS) is 21.2. The van der Waals surface area contributed by atoms with E-state index in [-0.39, 0.29) is 23.4 Å². The predicted molar refractivity (Wildman–Crippen MR) is 136 cm³/mol. The van der Waals surface area contributed by atoms with Crippen LogP contribution < -0.4 is 0 Å². The number of fused-ring (bicyclic) bond motifs is 3. The van der Waals surface area contributed by atoms with Crippen LogP contribution in [0, 0.1) is 5.92 Å². The fourth-order valence-electron chi connectivity index (χ4n) is 6.24. The van der Waals surface area contributed by atoms with Crippen molar-refractivity contribution in [2.75, 3.05) is 39.3 Å². The van der Waals surface area contributed by atoms with Gasteiger partial charge in [-0.1, -0.05) is 48.5 Å². The molecule has 0 bridgehead atoms. The molecular weight excluding hydrogens is 422 g/mol. The van der Waals surface area contributed by atoms with E-state index in [2.05, 4.69) is 84.0 Å². The Kier molecular flexibility index (Phi) is 6.34. The molecule has 1 aliphatic carbocycles. The molecule has 1 atom stereocenters. The Labute approximate surface area is 203 Å². The maximum absolute atomic E-state index is 13.3. The first kappa shape index (κ1) is 23.3. The van der Waals surface area contributed by atoms with E-state index >= 15 is 0 Å². The molecular formula is C29H37N3O2. The van der Waals surface area contributed by atoms with E-state index in [0.717, 1.165) is 58.4 Å². The van der Waals surface area contributed by atoms with Gasteiger partial charge in [-0.05, 0) is 69.0 Å². The van der Waals surface area contributed by atoms with E-state index in [4.69, 9.17) is 0 Å². The van der Waals surface area contributed by atoms with Crippen molar-refractivity contribution in [2.24, 2.45) is 5.92 Å². The van der Waals surface area contributed by atoms with Gasteiger partial charge in [0.2, 0.25) is 5.91 Å². The van der Waals surface area contributed by atoms with Crippen molar-refractivity contribution in [3.05, 3.63) is 59.7 Å². The Morgan fingerprint density at radius 1 is 0.853 bits per heavy atom. The van der Waals surface area contributed by atoms with Crippen LogP contribution in [0.2, 0.25) is 0 Å². The summed E-state index contributed by atoms with van der Waals surface area (Å²) in [5.41, 5.74) is 5.14. The summed E-state index contributed by atoms with van der Waals surface area (Å²) < 4.78 is 0. The third-order valence-corrected chi connectivity index (χ3v) is 8.20. The van der Waals surface area contributed by atoms with Crippen molar-refractivity contribution in [2.45, 2.75) is 51.1 Å². The maximum atomic E-state index is 13.3. The monoisotopic (exact) mass is 459 g/mol. The molecule has 0 radical (unpaired) electrons. The van der Waals surface area contributed by atoms with Crippen molar-refractivity contribution in [1.29, 1.82) is 0 Å². The number of piperazine rings is 1. The van der Waals surface area contributed by atoms with E-state index in [9.17, 15) is 9.59 Å². The molecule has 0 aromatic heterocycles. The molecule has 2 aromatic carbocycles. The van der Waals surface area contributed by atoms with Crippen LogP contribution in [0.15, 0.2) is 48.5 Å². The second-order valence-corrected chi connectivity index (χ2v) is 11.1. The Bertz CT molecular complexity index is 998. The minimum absolute atomic E-state index is 0.0580. The molecule has 3 aliphatic rings. The van der Waals surface area contributed by atoms with Gasteiger partial charge in [0.05, 0.1) is 6.04 Å². The van der Waals surface area contributed by atoms with Crippen molar-refractivity contribution in [3.63, 3.8) is 0 Å². The molecule has 2 saturated heterocycles. The summed E-state index contributed by atoms with van der Waals surface area (Å²) in [4.78, 5) is 32.6. The van der Waals surface area contributed by atoms with Crippen LogP contribution in [0.3, 0.4) is 0 Å². The molecule has 1 unspecified atom stereocenters. The third-order valence-electron chi connectivity index (χ3n) is 8.20. The number of benzene rings is 2. The number of hydrogen-bond acceptors (Lipinski definition) is 4. The molecule has 5 rings (SSSR count). The number of hydrogen-bond donors (Lipinski definition) is 0. The number of rotatable bonds is 4. The summed E-state index contributed by atoms with van der Waals surface area (Å²) in [6.45, 7) is 11.8. The van der Waals surface area contributed by atoms with Crippen LogP contribution in [0.1, 0.15) is 50.7 Å². The van der Waals surface area contributed by atoms with Crippen molar-refractivity contribution in [3.8, 4) is 11.1 Å². The highest BCUT2D eigenvalue weighted by atomic mass is 16.2. The van der Waals surface area contributed by atoms with Crippen LogP contribution in [0.5, 0.6) is 0 Å². The first-order valence-corrected chi connectivity index (χ1v) is 12.8. The summed E-state index contributed by atoms with van der Waals surface area (Å²) in [5, 5.41) is 0. The molecule has 180 valence electrons. The summed E-state index contributed by atoms with van der Waals surface area (Å²) in [6.07, 6.45) is 2.80. The lowest BCUT2D eigenvalue weighted by atomic mass is 9.86. The molecule has 0 N–H and O–H groups in total. The molecule has 2 aromatic rings. The standard InChI is InChI=1S/C29H37N3O2/c1-29(2,3)32-18-16-31(17-19-32)28(34)21-12-14-30(15-13-21)26(20-33)27-24-10-6-4-8-22(24)23-9-5-7-11-25(23)27/h4-11,20-21,26-27H,12-19H2,1-3H3. The lowest BCUT2D eigenvalue weighted by Crippen LogP contribution is -2.56. The number of carbonyl (C=O) groups excluding carboxylic acids is 2. The number of amides is 1. The highest BCUT2D eigenvalue weighted by molar-refractivity contribution is 5.82. The minimum Gasteiger partial charge on any atom is -0.340 e. The largest absolute Gasteiger partial charge is 0.340 e. The highest BCUT2D eigenvalue weighted by Gasteiger charge is 2.39. The van der Waals surface area contributed by atoms with Crippen LogP contribution in [-0.4, -0.2) is 77.7 Å². The predicted octanol–water partition coefficient (Wildman–Crippen LogP) is 4.02. The average Bonchev–Trinajstić information content (AvgIpc) is 3.19. The third kappa shape index (κ3) is 4.20. The van der Waals surface area contributed by atoms with E-state index in [1.165, 1.54) is 22.3 Å². The highest BCUT2D eigenvalue weighted by Crippen LogP contribution is 2.47. The number of likely N-dealkylation sites (tertiary alicyclic amines) is 1. The Hall–Kier alpha value is -2.50. The zero-order valence-corrected chi connectivity index (χ0v) is 20.7. The number of nitrogens with zero attached hydrogens (tertiary/aromatic N) is 3.